The van der Waals surface area contributed by atoms with E-state index < -0.39 is 0 Å². The van der Waals surface area contributed by atoms with Crippen molar-refractivity contribution in [3.05, 3.63) is 102 Å². The summed E-state index contributed by atoms with van der Waals surface area (Å²) in [4.78, 5) is 0. The van der Waals surface area contributed by atoms with Gasteiger partial charge in [-0.2, -0.15) is 5.10 Å². The lowest BCUT2D eigenvalue weighted by Gasteiger charge is -2.08. The Kier molecular flexibility index (Phi) is 6.03. The van der Waals surface area contributed by atoms with Gasteiger partial charge in [-0.1, -0.05) is 60.7 Å². The minimum Gasteiger partial charge on any atom is -0.494 e. The molecular formula is C25H25N3O. The summed E-state index contributed by atoms with van der Waals surface area (Å²) >= 11 is 0. The molecule has 146 valence electrons. The third kappa shape index (κ3) is 4.73. The Bertz CT molecular complexity index is 1040. The van der Waals surface area contributed by atoms with Gasteiger partial charge < -0.3 is 10.1 Å². The van der Waals surface area contributed by atoms with Crippen LogP contribution in [0.1, 0.15) is 18.1 Å². The molecule has 1 heterocycles. The third-order valence-electron chi connectivity index (χ3n) is 4.71. The van der Waals surface area contributed by atoms with E-state index in [0.717, 1.165) is 35.8 Å². The summed E-state index contributed by atoms with van der Waals surface area (Å²) < 4.78 is 7.55. The Hall–Kier alpha value is -3.37. The highest BCUT2D eigenvalue weighted by atomic mass is 16.5. The summed E-state index contributed by atoms with van der Waals surface area (Å²) in [6.45, 7) is 4.18. The van der Waals surface area contributed by atoms with Crippen LogP contribution in [0.25, 0.3) is 16.9 Å². The second kappa shape index (κ2) is 9.22. The van der Waals surface area contributed by atoms with Crippen molar-refractivity contribution in [1.29, 1.82) is 0 Å². The lowest BCUT2D eigenvalue weighted by Crippen LogP contribution is -2.13. The van der Waals surface area contributed by atoms with E-state index in [-0.39, 0.29) is 0 Å². The Labute approximate surface area is 171 Å². The summed E-state index contributed by atoms with van der Waals surface area (Å²) in [6.07, 6.45) is 2.11. The third-order valence-corrected chi connectivity index (χ3v) is 4.71. The highest BCUT2D eigenvalue weighted by Crippen LogP contribution is 2.23. The van der Waals surface area contributed by atoms with Crippen LogP contribution < -0.4 is 10.1 Å². The fourth-order valence-electron chi connectivity index (χ4n) is 3.34. The van der Waals surface area contributed by atoms with Crippen LogP contribution in [0.15, 0.2) is 91.1 Å². The molecule has 1 aromatic heterocycles. The first kappa shape index (κ1) is 19.0. The maximum absolute atomic E-state index is 5.60. The molecule has 0 saturated heterocycles. The fraction of sp³-hybridized carbons (Fsp3) is 0.160. The summed E-state index contributed by atoms with van der Waals surface area (Å²) in [7, 11) is 0. The minimum absolute atomic E-state index is 0.677. The fourth-order valence-corrected chi connectivity index (χ4v) is 3.34. The molecule has 0 radical (unpaired) electrons. The molecule has 0 bridgehead atoms. The van der Waals surface area contributed by atoms with Crippen molar-refractivity contribution in [2.24, 2.45) is 0 Å². The maximum Gasteiger partial charge on any atom is 0.119 e. The zero-order chi connectivity index (χ0) is 19.9. The van der Waals surface area contributed by atoms with Crippen molar-refractivity contribution in [1.82, 2.24) is 15.1 Å². The molecule has 0 unspecified atom stereocenters. The molecule has 4 aromatic rings. The van der Waals surface area contributed by atoms with Gasteiger partial charge in [0.05, 0.1) is 18.0 Å². The van der Waals surface area contributed by atoms with Gasteiger partial charge in [-0.3, -0.25) is 0 Å². The molecule has 3 aromatic carbocycles. The van der Waals surface area contributed by atoms with E-state index in [1.807, 2.05) is 60.1 Å². The predicted octanol–water partition coefficient (Wildman–Crippen LogP) is 5.23. The van der Waals surface area contributed by atoms with Gasteiger partial charge in [-0.05, 0) is 36.8 Å². The smallest absolute Gasteiger partial charge is 0.119 e. The molecule has 4 rings (SSSR count). The summed E-state index contributed by atoms with van der Waals surface area (Å²) in [6, 6.07) is 28.8. The molecule has 0 amide bonds. The van der Waals surface area contributed by atoms with Crippen molar-refractivity contribution in [3.63, 3.8) is 0 Å². The molecule has 0 fully saturated rings. The van der Waals surface area contributed by atoms with Gasteiger partial charge in [-0.25, -0.2) is 4.68 Å². The molecular weight excluding hydrogens is 358 g/mol. The number of rotatable bonds is 8. The van der Waals surface area contributed by atoms with Gasteiger partial charge >= 0.3 is 0 Å². The average Bonchev–Trinajstić information content (AvgIpc) is 3.20. The van der Waals surface area contributed by atoms with Gasteiger partial charge in [0.15, 0.2) is 0 Å². The van der Waals surface area contributed by atoms with E-state index >= 15 is 0 Å². The first-order chi connectivity index (χ1) is 14.3. The van der Waals surface area contributed by atoms with Crippen LogP contribution in [0.3, 0.4) is 0 Å². The van der Waals surface area contributed by atoms with Crippen molar-refractivity contribution < 1.29 is 4.74 Å². The van der Waals surface area contributed by atoms with Crippen LogP contribution in [0.4, 0.5) is 0 Å². The molecule has 4 nitrogen and oxygen atoms in total. The van der Waals surface area contributed by atoms with E-state index in [0.29, 0.717) is 6.61 Å². The van der Waals surface area contributed by atoms with Crippen LogP contribution >= 0.6 is 0 Å². The van der Waals surface area contributed by atoms with Gasteiger partial charge in [-0.15, -0.1) is 0 Å². The quantitative estimate of drug-likeness (QED) is 0.453. The Balaban J connectivity index is 1.54. The SMILES string of the molecule is CCOc1cccc(CNCc2cn(-c3ccccc3)nc2-c2ccccc2)c1. The molecule has 1 N–H and O–H groups in total. The maximum atomic E-state index is 5.60. The molecule has 0 saturated carbocycles. The number of hydrogen-bond donors (Lipinski definition) is 1. The predicted molar refractivity (Wildman–Crippen MR) is 117 cm³/mol. The number of para-hydroxylation sites is 1. The van der Waals surface area contributed by atoms with Gasteiger partial charge in [0.2, 0.25) is 0 Å². The Morgan fingerprint density at radius 2 is 1.62 bits per heavy atom. The number of nitrogens with one attached hydrogen (secondary N) is 1. The number of ether oxygens (including phenoxy) is 1. The van der Waals surface area contributed by atoms with Crippen LogP contribution in [0, 0.1) is 0 Å². The summed E-state index contributed by atoms with van der Waals surface area (Å²) in [5.41, 5.74) is 5.55. The average molecular weight is 383 g/mol. The number of benzene rings is 3. The van der Waals surface area contributed by atoms with E-state index in [1.165, 1.54) is 11.1 Å². The second-order valence-electron chi connectivity index (χ2n) is 6.83. The topological polar surface area (TPSA) is 39.1 Å². The Morgan fingerprint density at radius 1 is 0.862 bits per heavy atom. The normalized spacial score (nSPS) is 10.8. The molecule has 0 aliphatic rings. The van der Waals surface area contributed by atoms with Crippen LogP contribution in [-0.2, 0) is 13.1 Å². The summed E-state index contributed by atoms with van der Waals surface area (Å²) in [5, 5.41) is 8.42. The lowest BCUT2D eigenvalue weighted by molar-refractivity contribution is 0.340. The monoisotopic (exact) mass is 383 g/mol. The number of aromatic nitrogens is 2. The largest absolute Gasteiger partial charge is 0.494 e. The molecule has 0 atom stereocenters. The van der Waals surface area contributed by atoms with Crippen LogP contribution in [0.5, 0.6) is 5.75 Å². The standard InChI is InChI=1S/C25H25N3O/c1-2-29-24-15-9-10-20(16-24)17-26-18-22-19-28(23-13-7-4-8-14-23)27-25(22)21-11-5-3-6-12-21/h3-16,19,26H,2,17-18H2,1H3. The zero-order valence-electron chi connectivity index (χ0n) is 16.6. The molecule has 4 heteroatoms. The Morgan fingerprint density at radius 3 is 2.38 bits per heavy atom. The highest BCUT2D eigenvalue weighted by Gasteiger charge is 2.12. The first-order valence-corrected chi connectivity index (χ1v) is 9.95. The van der Waals surface area contributed by atoms with Crippen LogP contribution in [0.2, 0.25) is 0 Å². The molecule has 0 aliphatic heterocycles. The van der Waals surface area contributed by atoms with Gasteiger partial charge in [0.25, 0.3) is 0 Å². The van der Waals surface area contributed by atoms with Crippen LogP contribution in [-0.4, -0.2) is 16.4 Å². The lowest BCUT2D eigenvalue weighted by atomic mass is 10.1. The van der Waals surface area contributed by atoms with Crippen molar-refractivity contribution in [2.45, 2.75) is 20.0 Å². The van der Waals surface area contributed by atoms with Crippen molar-refractivity contribution >= 4 is 0 Å². The van der Waals surface area contributed by atoms with Gasteiger partial charge in [0.1, 0.15) is 5.75 Å². The van der Waals surface area contributed by atoms with Gasteiger partial charge in [0, 0.05) is 30.4 Å². The number of nitrogens with zero attached hydrogens (tertiary/aromatic N) is 2. The molecule has 29 heavy (non-hydrogen) atoms. The van der Waals surface area contributed by atoms with Crippen molar-refractivity contribution in [2.75, 3.05) is 6.61 Å². The van der Waals surface area contributed by atoms with E-state index in [4.69, 9.17) is 9.84 Å². The zero-order valence-corrected chi connectivity index (χ0v) is 16.6. The molecule has 0 aliphatic carbocycles. The van der Waals surface area contributed by atoms with Crippen molar-refractivity contribution in [3.8, 4) is 22.7 Å². The minimum atomic E-state index is 0.677. The molecule has 0 spiro atoms. The summed E-state index contributed by atoms with van der Waals surface area (Å²) in [5.74, 6) is 0.911. The highest BCUT2D eigenvalue weighted by molar-refractivity contribution is 5.63. The first-order valence-electron chi connectivity index (χ1n) is 9.95. The van der Waals surface area contributed by atoms with E-state index in [2.05, 4.69) is 47.9 Å². The number of hydrogen-bond acceptors (Lipinski definition) is 3. The van der Waals surface area contributed by atoms with E-state index in [9.17, 15) is 0 Å². The second-order valence-corrected chi connectivity index (χ2v) is 6.83. The van der Waals surface area contributed by atoms with E-state index in [1.54, 1.807) is 0 Å².